The fourth-order valence-corrected chi connectivity index (χ4v) is 4.42. The molecule has 192 valence electrons. The van der Waals surface area contributed by atoms with E-state index in [2.05, 4.69) is 0 Å². The second-order valence-electron chi connectivity index (χ2n) is 8.76. The molecular weight excluding hydrogens is 450 g/mol. The second-order valence-corrected chi connectivity index (χ2v) is 9.14. The summed E-state index contributed by atoms with van der Waals surface area (Å²) >= 11 is 6.75. The molecule has 0 aromatic heterocycles. The van der Waals surface area contributed by atoms with E-state index in [4.69, 9.17) is 11.6 Å². The van der Waals surface area contributed by atoms with E-state index in [1.807, 2.05) is 41.5 Å². The quantitative estimate of drug-likeness (QED) is 0.295. The number of benzene rings is 1. The number of hydrogen-bond donors (Lipinski definition) is 0. The molecule has 0 aliphatic heterocycles. The van der Waals surface area contributed by atoms with Crippen LogP contribution in [0.4, 0.5) is 0 Å². The number of halogens is 1. The third-order valence-electron chi connectivity index (χ3n) is 5.60. The van der Waals surface area contributed by atoms with Crippen molar-refractivity contribution in [3.8, 4) is 0 Å². The smallest absolute Gasteiger partial charge is 0.255 e. The molecule has 0 aliphatic rings. The van der Waals surface area contributed by atoms with Gasteiger partial charge in [-0.2, -0.15) is 0 Å². The van der Waals surface area contributed by atoms with Crippen LogP contribution in [0, 0.1) is 0 Å². The molecule has 0 spiro atoms. The van der Waals surface area contributed by atoms with Gasteiger partial charge in [-0.3, -0.25) is 14.4 Å². The van der Waals surface area contributed by atoms with E-state index in [1.165, 1.54) is 0 Å². The van der Waals surface area contributed by atoms with E-state index >= 15 is 0 Å². The molecule has 0 radical (unpaired) electrons. The number of amides is 3. The second kappa shape index (κ2) is 15.8. The minimum absolute atomic E-state index is 0.137. The van der Waals surface area contributed by atoms with Gasteiger partial charge in [0.15, 0.2) is 0 Å². The predicted molar refractivity (Wildman–Crippen MR) is 141 cm³/mol. The van der Waals surface area contributed by atoms with Crippen LogP contribution in [-0.2, 0) is 0 Å². The predicted octanol–water partition coefficient (Wildman–Crippen LogP) is 6.13. The highest BCUT2D eigenvalue weighted by Gasteiger charge is 2.27. The highest BCUT2D eigenvalue weighted by molar-refractivity contribution is 6.37. The molecule has 0 unspecified atom stereocenters. The maximum absolute atomic E-state index is 13.5. The maximum Gasteiger partial charge on any atom is 0.255 e. The SMILES string of the molecule is CCCN(CCC)C(=O)c1cc(C(=O)N(CCC)CCC)c(Cl)c(C(=O)N(CCC)CCC)c1. The number of carbonyl (C=O) groups excluding carboxylic acids is 3. The van der Waals surface area contributed by atoms with Crippen LogP contribution in [0.25, 0.3) is 0 Å². The van der Waals surface area contributed by atoms with E-state index in [9.17, 15) is 14.4 Å². The largest absolute Gasteiger partial charge is 0.339 e. The van der Waals surface area contributed by atoms with Crippen molar-refractivity contribution in [3.63, 3.8) is 0 Å². The fraction of sp³-hybridized carbons (Fsp3) is 0.667. The Kier molecular flexibility index (Phi) is 13.9. The molecule has 6 nitrogen and oxygen atoms in total. The molecule has 0 saturated carbocycles. The Morgan fingerprint density at radius 2 is 0.824 bits per heavy atom. The Morgan fingerprint density at radius 3 is 1.09 bits per heavy atom. The van der Waals surface area contributed by atoms with Gasteiger partial charge in [-0.1, -0.05) is 53.1 Å². The number of carbonyl (C=O) groups is 3. The molecule has 0 saturated heterocycles. The van der Waals surface area contributed by atoms with Crippen molar-refractivity contribution in [2.24, 2.45) is 0 Å². The molecule has 1 rings (SSSR count). The molecule has 0 atom stereocenters. The summed E-state index contributed by atoms with van der Waals surface area (Å²) in [7, 11) is 0. The lowest BCUT2D eigenvalue weighted by Gasteiger charge is -2.26. The van der Waals surface area contributed by atoms with Crippen LogP contribution in [0.5, 0.6) is 0 Å². The van der Waals surface area contributed by atoms with E-state index in [-0.39, 0.29) is 33.9 Å². The zero-order valence-corrected chi connectivity index (χ0v) is 22.8. The van der Waals surface area contributed by atoms with Gasteiger partial charge < -0.3 is 14.7 Å². The number of nitrogens with zero attached hydrogens (tertiary/aromatic N) is 3. The minimum Gasteiger partial charge on any atom is -0.339 e. The molecule has 7 heteroatoms. The summed E-state index contributed by atoms with van der Waals surface area (Å²) in [5.74, 6) is -0.626. The third-order valence-corrected chi connectivity index (χ3v) is 6.01. The van der Waals surface area contributed by atoms with Gasteiger partial charge in [-0.15, -0.1) is 0 Å². The first-order valence-corrected chi connectivity index (χ1v) is 13.4. The van der Waals surface area contributed by atoms with Gasteiger partial charge in [0, 0.05) is 44.8 Å². The van der Waals surface area contributed by atoms with Crippen molar-refractivity contribution in [1.82, 2.24) is 14.7 Å². The van der Waals surface area contributed by atoms with E-state index < -0.39 is 0 Å². The van der Waals surface area contributed by atoms with Crippen molar-refractivity contribution in [1.29, 1.82) is 0 Å². The zero-order chi connectivity index (χ0) is 25.7. The summed E-state index contributed by atoms with van der Waals surface area (Å²) in [6.07, 6.45) is 4.92. The summed E-state index contributed by atoms with van der Waals surface area (Å²) in [5, 5.41) is 0.137. The molecule has 1 aromatic rings. The van der Waals surface area contributed by atoms with E-state index in [1.54, 1.807) is 26.8 Å². The third kappa shape index (κ3) is 8.00. The molecule has 0 fully saturated rings. The first-order valence-electron chi connectivity index (χ1n) is 13.0. The lowest BCUT2D eigenvalue weighted by atomic mass is 10.0. The molecule has 3 amide bonds. The van der Waals surface area contributed by atoms with Crippen LogP contribution < -0.4 is 0 Å². The molecule has 0 bridgehead atoms. The van der Waals surface area contributed by atoms with Crippen LogP contribution in [-0.4, -0.2) is 71.7 Å². The highest BCUT2D eigenvalue weighted by Crippen LogP contribution is 2.28. The summed E-state index contributed by atoms with van der Waals surface area (Å²) in [6, 6.07) is 3.18. The molecule has 0 aliphatic carbocycles. The lowest BCUT2D eigenvalue weighted by Crippen LogP contribution is -2.36. The van der Waals surface area contributed by atoms with Crippen LogP contribution in [0.2, 0.25) is 5.02 Å². The monoisotopic (exact) mass is 493 g/mol. The van der Waals surface area contributed by atoms with Gasteiger partial charge in [0.05, 0.1) is 16.1 Å². The zero-order valence-electron chi connectivity index (χ0n) is 22.1. The highest BCUT2D eigenvalue weighted by atomic mass is 35.5. The van der Waals surface area contributed by atoms with Crippen molar-refractivity contribution in [3.05, 3.63) is 33.8 Å². The van der Waals surface area contributed by atoms with Crippen molar-refractivity contribution in [2.75, 3.05) is 39.3 Å². The van der Waals surface area contributed by atoms with Crippen molar-refractivity contribution < 1.29 is 14.4 Å². The maximum atomic E-state index is 13.5. The number of hydrogen-bond acceptors (Lipinski definition) is 3. The molecule has 34 heavy (non-hydrogen) atoms. The minimum atomic E-state index is -0.229. The number of rotatable bonds is 15. The Labute approximate surface area is 211 Å². The summed E-state index contributed by atoms with van der Waals surface area (Å²) in [5.41, 5.74) is 0.816. The van der Waals surface area contributed by atoms with Gasteiger partial charge in [0.1, 0.15) is 0 Å². The normalized spacial score (nSPS) is 10.8. The lowest BCUT2D eigenvalue weighted by molar-refractivity contribution is 0.0752. The van der Waals surface area contributed by atoms with E-state index in [0.29, 0.717) is 44.8 Å². The van der Waals surface area contributed by atoms with Gasteiger partial charge in [0.25, 0.3) is 17.7 Å². The molecule has 1 aromatic carbocycles. The standard InChI is InChI=1S/C27H44ClN3O3/c1-7-13-29(14-8-2)25(32)21-19-22(26(33)30(15-9-3)16-10-4)24(28)23(20-21)27(34)31(17-11-5)18-12-6/h19-20H,7-18H2,1-6H3. The van der Waals surface area contributed by atoms with Gasteiger partial charge >= 0.3 is 0 Å². The average molecular weight is 494 g/mol. The molecule has 0 heterocycles. The molecular formula is C27H44ClN3O3. The Balaban J connectivity index is 3.67. The van der Waals surface area contributed by atoms with Gasteiger partial charge in [-0.25, -0.2) is 0 Å². The van der Waals surface area contributed by atoms with Crippen molar-refractivity contribution >= 4 is 29.3 Å². The average Bonchev–Trinajstić information content (AvgIpc) is 2.82. The Morgan fingerprint density at radius 1 is 0.559 bits per heavy atom. The van der Waals surface area contributed by atoms with Gasteiger partial charge in [0.2, 0.25) is 0 Å². The Hall–Kier alpha value is -2.08. The fourth-order valence-electron chi connectivity index (χ4n) is 4.15. The summed E-state index contributed by atoms with van der Waals surface area (Å²) in [6.45, 7) is 15.8. The summed E-state index contributed by atoms with van der Waals surface area (Å²) in [4.78, 5) is 45.8. The van der Waals surface area contributed by atoms with E-state index in [0.717, 1.165) is 38.5 Å². The summed E-state index contributed by atoms with van der Waals surface area (Å²) < 4.78 is 0. The first-order chi connectivity index (χ1) is 16.3. The van der Waals surface area contributed by atoms with Crippen LogP contribution in [0.15, 0.2) is 12.1 Å². The first kappa shape index (κ1) is 30.0. The topological polar surface area (TPSA) is 60.9 Å². The van der Waals surface area contributed by atoms with Crippen LogP contribution in [0.3, 0.4) is 0 Å². The van der Waals surface area contributed by atoms with Crippen LogP contribution in [0.1, 0.15) is 111 Å². The Bertz CT molecular complexity index is 745. The molecule has 0 N–H and O–H groups in total. The van der Waals surface area contributed by atoms with Gasteiger partial charge in [-0.05, 0) is 50.7 Å². The van der Waals surface area contributed by atoms with Crippen molar-refractivity contribution in [2.45, 2.75) is 80.1 Å². The van der Waals surface area contributed by atoms with Crippen LogP contribution >= 0.6 is 11.6 Å².